The van der Waals surface area contributed by atoms with Gasteiger partial charge in [-0.15, -0.1) is 0 Å². The SMILES string of the molecule is O=C(O)CSc1ncc([N+](=O)[O-])s1. The maximum Gasteiger partial charge on any atom is 0.344 e. The lowest BCUT2D eigenvalue weighted by atomic mass is 10.8. The van der Waals surface area contributed by atoms with Crippen molar-refractivity contribution in [3.8, 4) is 0 Å². The van der Waals surface area contributed by atoms with Crippen LogP contribution in [0.15, 0.2) is 10.5 Å². The zero-order valence-electron chi connectivity index (χ0n) is 6.17. The first-order valence-corrected chi connectivity index (χ1v) is 4.84. The number of thioether (sulfide) groups is 1. The summed E-state index contributed by atoms with van der Waals surface area (Å²) in [7, 11) is 0. The largest absolute Gasteiger partial charge is 0.481 e. The highest BCUT2D eigenvalue weighted by Crippen LogP contribution is 2.28. The Kier molecular flexibility index (Phi) is 3.20. The molecule has 0 aromatic carbocycles. The topological polar surface area (TPSA) is 93.3 Å². The van der Waals surface area contributed by atoms with Gasteiger partial charge in [0.25, 0.3) is 0 Å². The molecule has 0 aliphatic rings. The summed E-state index contributed by atoms with van der Waals surface area (Å²) < 4.78 is 0.397. The van der Waals surface area contributed by atoms with Gasteiger partial charge in [-0.25, -0.2) is 4.98 Å². The molecule has 70 valence electrons. The molecule has 0 saturated carbocycles. The van der Waals surface area contributed by atoms with E-state index < -0.39 is 10.9 Å². The van der Waals surface area contributed by atoms with Crippen LogP contribution in [0.2, 0.25) is 0 Å². The molecule has 0 atom stereocenters. The fourth-order valence-electron chi connectivity index (χ4n) is 0.525. The number of carboxylic acid groups (broad SMARTS) is 1. The third kappa shape index (κ3) is 2.99. The van der Waals surface area contributed by atoms with Crippen molar-refractivity contribution >= 4 is 34.1 Å². The number of hydrogen-bond acceptors (Lipinski definition) is 6. The minimum Gasteiger partial charge on any atom is -0.481 e. The van der Waals surface area contributed by atoms with Crippen molar-refractivity contribution in [2.45, 2.75) is 4.34 Å². The van der Waals surface area contributed by atoms with Crippen LogP contribution < -0.4 is 0 Å². The summed E-state index contributed by atoms with van der Waals surface area (Å²) in [5.74, 6) is -1.10. The average molecular weight is 220 g/mol. The molecule has 0 unspecified atom stereocenters. The van der Waals surface area contributed by atoms with E-state index in [0.29, 0.717) is 4.34 Å². The highest BCUT2D eigenvalue weighted by atomic mass is 32.2. The Balaban J connectivity index is 2.59. The van der Waals surface area contributed by atoms with Gasteiger partial charge in [0.05, 0.1) is 10.7 Å². The van der Waals surface area contributed by atoms with Crippen molar-refractivity contribution < 1.29 is 14.8 Å². The maximum atomic E-state index is 10.2. The van der Waals surface area contributed by atoms with E-state index >= 15 is 0 Å². The molecule has 0 saturated heterocycles. The Morgan fingerprint density at radius 1 is 1.85 bits per heavy atom. The third-order valence-electron chi connectivity index (χ3n) is 0.971. The summed E-state index contributed by atoms with van der Waals surface area (Å²) >= 11 is 1.84. The van der Waals surface area contributed by atoms with Gasteiger partial charge in [0, 0.05) is 0 Å². The average Bonchev–Trinajstić information content (AvgIpc) is 2.48. The molecule has 0 amide bonds. The molecular weight excluding hydrogens is 216 g/mol. The lowest BCUT2D eigenvalue weighted by Gasteiger charge is -1.88. The van der Waals surface area contributed by atoms with E-state index in [1.54, 1.807) is 0 Å². The molecule has 0 aliphatic heterocycles. The predicted octanol–water partition coefficient (Wildman–Crippen LogP) is 1.23. The number of carbonyl (C=O) groups is 1. The highest BCUT2D eigenvalue weighted by molar-refractivity contribution is 8.01. The van der Waals surface area contributed by atoms with E-state index in [0.717, 1.165) is 29.3 Å². The number of hydrogen-bond donors (Lipinski definition) is 1. The van der Waals surface area contributed by atoms with Crippen molar-refractivity contribution in [1.29, 1.82) is 0 Å². The normalized spacial score (nSPS) is 9.85. The quantitative estimate of drug-likeness (QED) is 0.466. The maximum absolute atomic E-state index is 10.2. The van der Waals surface area contributed by atoms with Crippen molar-refractivity contribution in [3.05, 3.63) is 16.3 Å². The summed E-state index contributed by atoms with van der Waals surface area (Å²) in [6, 6.07) is 0. The van der Waals surface area contributed by atoms with Crippen LogP contribution in [-0.2, 0) is 4.79 Å². The summed E-state index contributed by atoms with van der Waals surface area (Å²) in [6.07, 6.45) is 1.12. The van der Waals surface area contributed by atoms with Crippen LogP contribution in [-0.4, -0.2) is 26.7 Å². The van der Waals surface area contributed by atoms with Crippen molar-refractivity contribution in [2.75, 3.05) is 5.75 Å². The number of nitrogens with zero attached hydrogens (tertiary/aromatic N) is 2. The number of thiazole rings is 1. The second-order valence-electron chi connectivity index (χ2n) is 1.90. The highest BCUT2D eigenvalue weighted by Gasteiger charge is 2.12. The first-order valence-electron chi connectivity index (χ1n) is 3.04. The lowest BCUT2D eigenvalue weighted by molar-refractivity contribution is -0.380. The Morgan fingerprint density at radius 2 is 2.54 bits per heavy atom. The van der Waals surface area contributed by atoms with Crippen LogP contribution >= 0.6 is 23.1 Å². The molecular formula is C5H4N2O4S2. The Bertz CT molecular complexity index is 337. The van der Waals surface area contributed by atoms with Crippen LogP contribution in [0.3, 0.4) is 0 Å². The van der Waals surface area contributed by atoms with Gasteiger partial charge in [-0.05, 0) is 11.3 Å². The monoisotopic (exact) mass is 220 g/mol. The fraction of sp³-hybridized carbons (Fsp3) is 0.200. The van der Waals surface area contributed by atoms with E-state index in [1.165, 1.54) is 0 Å². The zero-order chi connectivity index (χ0) is 9.84. The van der Waals surface area contributed by atoms with E-state index in [2.05, 4.69) is 4.98 Å². The van der Waals surface area contributed by atoms with Gasteiger partial charge in [0.2, 0.25) is 0 Å². The van der Waals surface area contributed by atoms with Gasteiger partial charge in [-0.2, -0.15) is 0 Å². The Morgan fingerprint density at radius 3 is 3.00 bits per heavy atom. The zero-order valence-corrected chi connectivity index (χ0v) is 7.80. The van der Waals surface area contributed by atoms with E-state index in [-0.39, 0.29) is 10.8 Å². The van der Waals surface area contributed by atoms with Crippen LogP contribution in [0.5, 0.6) is 0 Å². The van der Waals surface area contributed by atoms with Gasteiger partial charge < -0.3 is 5.11 Å². The van der Waals surface area contributed by atoms with Gasteiger partial charge in [-0.3, -0.25) is 14.9 Å². The van der Waals surface area contributed by atoms with E-state index in [9.17, 15) is 14.9 Å². The molecule has 1 rings (SSSR count). The Labute approximate surface area is 80.8 Å². The predicted molar refractivity (Wildman–Crippen MR) is 47.1 cm³/mol. The smallest absolute Gasteiger partial charge is 0.344 e. The van der Waals surface area contributed by atoms with Crippen molar-refractivity contribution in [1.82, 2.24) is 4.98 Å². The van der Waals surface area contributed by atoms with Crippen LogP contribution in [0.4, 0.5) is 5.00 Å². The molecule has 6 nitrogen and oxygen atoms in total. The van der Waals surface area contributed by atoms with Crippen LogP contribution in [0.1, 0.15) is 0 Å². The molecule has 0 spiro atoms. The summed E-state index contributed by atoms with van der Waals surface area (Å²) in [6.45, 7) is 0. The molecule has 1 aromatic rings. The van der Waals surface area contributed by atoms with Crippen molar-refractivity contribution in [3.63, 3.8) is 0 Å². The van der Waals surface area contributed by atoms with Gasteiger partial charge in [-0.1, -0.05) is 11.8 Å². The summed E-state index contributed by atoms with van der Waals surface area (Å²) in [5.41, 5.74) is 0. The first-order chi connectivity index (χ1) is 6.09. The fourth-order valence-corrected chi connectivity index (χ4v) is 2.03. The van der Waals surface area contributed by atoms with Gasteiger partial charge >= 0.3 is 11.0 Å². The number of aromatic nitrogens is 1. The number of nitro groups is 1. The standard InChI is InChI=1S/C5H4N2O4S2/c8-4(9)2-12-5-6-1-3(13-5)7(10)11/h1H,2H2,(H,8,9). The summed E-state index contributed by atoms with van der Waals surface area (Å²) in [5, 5.41) is 18.4. The van der Waals surface area contributed by atoms with E-state index in [4.69, 9.17) is 5.11 Å². The van der Waals surface area contributed by atoms with Crippen LogP contribution in [0, 0.1) is 10.1 Å². The molecule has 1 aromatic heterocycles. The number of rotatable bonds is 4. The molecule has 0 fully saturated rings. The van der Waals surface area contributed by atoms with Gasteiger partial charge in [0.15, 0.2) is 4.34 Å². The molecule has 0 bridgehead atoms. The molecule has 0 radical (unpaired) electrons. The molecule has 1 heterocycles. The number of aliphatic carboxylic acids is 1. The molecule has 1 N–H and O–H groups in total. The van der Waals surface area contributed by atoms with E-state index in [1.807, 2.05) is 0 Å². The lowest BCUT2D eigenvalue weighted by Crippen LogP contribution is -1.96. The summed E-state index contributed by atoms with van der Waals surface area (Å²) in [4.78, 5) is 23.5. The van der Waals surface area contributed by atoms with Crippen molar-refractivity contribution in [2.24, 2.45) is 0 Å². The second kappa shape index (κ2) is 4.19. The molecule has 0 aliphatic carbocycles. The third-order valence-corrected chi connectivity index (χ3v) is 3.06. The van der Waals surface area contributed by atoms with Gasteiger partial charge in [0.1, 0.15) is 6.20 Å². The second-order valence-corrected chi connectivity index (χ2v) is 4.14. The minimum atomic E-state index is -0.970. The molecule has 13 heavy (non-hydrogen) atoms. The first kappa shape index (κ1) is 9.93. The van der Waals surface area contributed by atoms with Crippen LogP contribution in [0.25, 0.3) is 0 Å². The molecule has 8 heteroatoms. The Hall–Kier alpha value is -1.15. The minimum absolute atomic E-state index is 0.0760. The number of carboxylic acids is 1.